The highest BCUT2D eigenvalue weighted by molar-refractivity contribution is 7.14. The summed E-state index contributed by atoms with van der Waals surface area (Å²) >= 11 is 1.81. The topological polar surface area (TPSA) is 43.8 Å². The number of nitrogens with one attached hydrogen (secondary N) is 1. The molecule has 6 heteroatoms. The van der Waals surface area contributed by atoms with E-state index >= 15 is 0 Å². The Kier molecular flexibility index (Phi) is 5.53. The minimum Gasteiger partial charge on any atom is -0.360 e. The number of guanidine groups is 1. The molecule has 0 aliphatic carbocycles. The molecule has 3 heterocycles. The third kappa shape index (κ3) is 4.06. The second-order valence-electron chi connectivity index (χ2n) is 6.58. The van der Waals surface area contributed by atoms with E-state index in [1.165, 1.54) is 16.0 Å². The van der Waals surface area contributed by atoms with E-state index in [0.717, 1.165) is 44.2 Å². The number of benzene rings is 1. The first-order chi connectivity index (χ1) is 13.3. The molecule has 1 aromatic carbocycles. The lowest BCUT2D eigenvalue weighted by molar-refractivity contribution is 0.373. The van der Waals surface area contributed by atoms with Crippen LogP contribution in [-0.4, -0.2) is 48.6 Å². The van der Waals surface area contributed by atoms with Crippen molar-refractivity contribution in [3.8, 4) is 0 Å². The summed E-state index contributed by atoms with van der Waals surface area (Å²) in [5, 5.41) is 8.15. The van der Waals surface area contributed by atoms with E-state index in [1.54, 1.807) is 0 Å². The molecule has 4 rings (SSSR count). The summed E-state index contributed by atoms with van der Waals surface area (Å²) in [5.74, 6) is 1.00. The van der Waals surface area contributed by atoms with E-state index < -0.39 is 0 Å². The maximum absolute atomic E-state index is 4.93. The van der Waals surface area contributed by atoms with Gasteiger partial charge in [-0.05, 0) is 42.1 Å². The number of anilines is 1. The average molecular weight is 380 g/mol. The van der Waals surface area contributed by atoms with Crippen LogP contribution in [0, 0.1) is 0 Å². The molecular weight excluding hydrogens is 354 g/mol. The molecule has 0 saturated carbocycles. The van der Waals surface area contributed by atoms with Gasteiger partial charge in [-0.3, -0.25) is 4.98 Å². The largest absolute Gasteiger partial charge is 0.360 e. The Morgan fingerprint density at radius 1 is 1.11 bits per heavy atom. The van der Waals surface area contributed by atoms with Gasteiger partial charge < -0.3 is 15.1 Å². The predicted octanol–water partition coefficient (Wildman–Crippen LogP) is 3.58. The molecule has 0 atom stereocenters. The molecule has 0 unspecified atom stereocenters. The Morgan fingerprint density at radius 3 is 2.74 bits per heavy atom. The molecule has 1 aliphatic rings. The first-order valence-corrected chi connectivity index (χ1v) is 10.4. The summed E-state index contributed by atoms with van der Waals surface area (Å²) < 4.78 is 0. The zero-order chi connectivity index (χ0) is 18.5. The monoisotopic (exact) mass is 379 g/mol. The molecule has 2 aromatic heterocycles. The van der Waals surface area contributed by atoms with Crippen LogP contribution in [0.4, 0.5) is 5.00 Å². The van der Waals surface area contributed by atoms with Crippen LogP contribution in [0.5, 0.6) is 0 Å². The van der Waals surface area contributed by atoms with Gasteiger partial charge in [0.2, 0.25) is 0 Å². The van der Waals surface area contributed by atoms with E-state index in [2.05, 4.69) is 68.8 Å². The number of nitrogens with zero attached hydrogens (tertiary/aromatic N) is 4. The van der Waals surface area contributed by atoms with Crippen molar-refractivity contribution in [2.45, 2.75) is 13.5 Å². The minimum atomic E-state index is 0.663. The van der Waals surface area contributed by atoms with Gasteiger partial charge in [-0.25, -0.2) is 4.99 Å². The van der Waals surface area contributed by atoms with Gasteiger partial charge >= 0.3 is 0 Å². The van der Waals surface area contributed by atoms with Gasteiger partial charge in [0.25, 0.3) is 0 Å². The van der Waals surface area contributed by atoms with Crippen LogP contribution >= 0.6 is 11.3 Å². The van der Waals surface area contributed by atoms with Crippen LogP contribution in [-0.2, 0) is 6.54 Å². The van der Waals surface area contributed by atoms with Crippen LogP contribution in [0.15, 0.2) is 59.0 Å². The van der Waals surface area contributed by atoms with Gasteiger partial charge in [0.15, 0.2) is 5.96 Å². The molecule has 1 N–H and O–H groups in total. The van der Waals surface area contributed by atoms with Crippen molar-refractivity contribution >= 4 is 33.2 Å². The number of aromatic nitrogens is 1. The predicted molar refractivity (Wildman–Crippen MR) is 115 cm³/mol. The molecule has 0 amide bonds. The Labute approximate surface area is 164 Å². The molecule has 0 radical (unpaired) electrons. The van der Waals surface area contributed by atoms with E-state index in [-0.39, 0.29) is 0 Å². The number of hydrogen-bond acceptors (Lipinski definition) is 4. The molecule has 5 nitrogen and oxygen atoms in total. The zero-order valence-corrected chi connectivity index (χ0v) is 16.5. The molecule has 1 fully saturated rings. The third-order valence-electron chi connectivity index (χ3n) is 4.87. The Morgan fingerprint density at radius 2 is 1.96 bits per heavy atom. The first-order valence-electron chi connectivity index (χ1n) is 9.49. The van der Waals surface area contributed by atoms with Crippen LogP contribution in [0.25, 0.3) is 10.9 Å². The van der Waals surface area contributed by atoms with Crippen molar-refractivity contribution < 1.29 is 0 Å². The molecule has 1 saturated heterocycles. The highest BCUT2D eigenvalue weighted by Gasteiger charge is 2.20. The SMILES string of the molecule is CCNC(=NCc1ccnc2ccccc12)N1CCN(c2cccs2)CC1. The summed E-state index contributed by atoms with van der Waals surface area (Å²) in [6, 6.07) is 14.7. The van der Waals surface area contributed by atoms with Gasteiger partial charge in [-0.1, -0.05) is 18.2 Å². The lowest BCUT2D eigenvalue weighted by Gasteiger charge is -2.37. The van der Waals surface area contributed by atoms with Crippen molar-refractivity contribution in [1.82, 2.24) is 15.2 Å². The van der Waals surface area contributed by atoms with Gasteiger partial charge in [0.1, 0.15) is 0 Å². The number of piperazine rings is 1. The van der Waals surface area contributed by atoms with Crippen molar-refractivity contribution in [3.63, 3.8) is 0 Å². The lowest BCUT2D eigenvalue weighted by Crippen LogP contribution is -2.52. The van der Waals surface area contributed by atoms with Gasteiger partial charge in [-0.2, -0.15) is 0 Å². The van der Waals surface area contributed by atoms with Crippen LogP contribution in [0.1, 0.15) is 12.5 Å². The molecule has 140 valence electrons. The number of pyridine rings is 1. The van der Waals surface area contributed by atoms with Crippen LogP contribution in [0.3, 0.4) is 0 Å². The standard InChI is InChI=1S/C21H25N5S/c1-2-22-21(26-13-11-25(12-14-26)20-8-5-15-27-20)24-16-17-9-10-23-19-7-4-3-6-18(17)19/h3-10,15H,2,11-14,16H2,1H3,(H,22,24). The van der Waals surface area contributed by atoms with Crippen molar-refractivity contribution in [2.75, 3.05) is 37.6 Å². The summed E-state index contributed by atoms with van der Waals surface area (Å²) in [5.41, 5.74) is 2.24. The van der Waals surface area contributed by atoms with E-state index in [1.807, 2.05) is 23.6 Å². The Hall–Kier alpha value is -2.60. The number of thiophene rings is 1. The fourth-order valence-corrected chi connectivity index (χ4v) is 4.25. The van der Waals surface area contributed by atoms with Crippen LogP contribution in [0.2, 0.25) is 0 Å². The van der Waals surface area contributed by atoms with Crippen molar-refractivity contribution in [1.29, 1.82) is 0 Å². The lowest BCUT2D eigenvalue weighted by atomic mass is 10.1. The second-order valence-corrected chi connectivity index (χ2v) is 7.51. The van der Waals surface area contributed by atoms with Gasteiger partial charge in [0.05, 0.1) is 17.1 Å². The number of hydrogen-bond donors (Lipinski definition) is 1. The smallest absolute Gasteiger partial charge is 0.194 e. The second kappa shape index (κ2) is 8.39. The highest BCUT2D eigenvalue weighted by atomic mass is 32.1. The average Bonchev–Trinajstić information content (AvgIpc) is 3.26. The van der Waals surface area contributed by atoms with Crippen molar-refractivity contribution in [3.05, 3.63) is 59.6 Å². The van der Waals surface area contributed by atoms with Crippen LogP contribution < -0.4 is 10.2 Å². The molecule has 27 heavy (non-hydrogen) atoms. The fourth-order valence-electron chi connectivity index (χ4n) is 3.47. The molecule has 0 bridgehead atoms. The summed E-state index contributed by atoms with van der Waals surface area (Å²) in [4.78, 5) is 14.2. The summed E-state index contributed by atoms with van der Waals surface area (Å²) in [6.07, 6.45) is 1.87. The first kappa shape index (κ1) is 17.8. The minimum absolute atomic E-state index is 0.663. The van der Waals surface area contributed by atoms with E-state index in [9.17, 15) is 0 Å². The normalized spacial score (nSPS) is 15.4. The maximum atomic E-state index is 4.93. The number of para-hydroxylation sites is 1. The molecular formula is C21H25N5S. The molecule has 3 aromatic rings. The molecule has 1 aliphatic heterocycles. The quantitative estimate of drug-likeness (QED) is 0.556. The highest BCUT2D eigenvalue weighted by Crippen LogP contribution is 2.22. The Balaban J connectivity index is 1.47. The third-order valence-corrected chi connectivity index (χ3v) is 5.80. The fraction of sp³-hybridized carbons (Fsp3) is 0.333. The Bertz CT molecular complexity index is 893. The molecule has 0 spiro atoms. The number of aliphatic imine (C=N–C) groups is 1. The number of fused-ring (bicyclic) bond motifs is 1. The summed E-state index contributed by atoms with van der Waals surface area (Å²) in [6.45, 7) is 7.70. The van der Waals surface area contributed by atoms with Gasteiger partial charge in [-0.15, -0.1) is 11.3 Å². The van der Waals surface area contributed by atoms with E-state index in [4.69, 9.17) is 4.99 Å². The van der Waals surface area contributed by atoms with Crippen molar-refractivity contribution in [2.24, 2.45) is 4.99 Å². The van der Waals surface area contributed by atoms with Gasteiger partial charge in [0, 0.05) is 44.3 Å². The number of rotatable bonds is 4. The maximum Gasteiger partial charge on any atom is 0.194 e. The zero-order valence-electron chi connectivity index (χ0n) is 15.6. The summed E-state index contributed by atoms with van der Waals surface area (Å²) in [7, 11) is 0. The van der Waals surface area contributed by atoms with E-state index in [0.29, 0.717) is 6.54 Å².